The number of likely N-dealkylation sites (N-methyl/N-ethyl adjacent to an activating group) is 2. The van der Waals surface area contributed by atoms with Crippen molar-refractivity contribution in [2.24, 2.45) is 5.92 Å². The molecule has 0 radical (unpaired) electrons. The molecule has 0 aromatic rings. The lowest BCUT2D eigenvalue weighted by molar-refractivity contribution is -0.150. The van der Waals surface area contributed by atoms with E-state index in [-0.39, 0.29) is 5.97 Å². The van der Waals surface area contributed by atoms with E-state index in [9.17, 15) is 4.79 Å². The van der Waals surface area contributed by atoms with Gasteiger partial charge in [0.15, 0.2) is 0 Å². The maximum absolute atomic E-state index is 12.3. The summed E-state index contributed by atoms with van der Waals surface area (Å²) in [6, 6.07) is 0.691. The van der Waals surface area contributed by atoms with Crippen molar-refractivity contribution in [3.8, 4) is 0 Å². The van der Waals surface area contributed by atoms with Crippen LogP contribution in [-0.2, 0) is 9.53 Å². The minimum Gasteiger partial charge on any atom is -0.468 e. The molecule has 0 bridgehead atoms. The molecular formula is C14H26N2O2. The Hall–Kier alpha value is -0.610. The van der Waals surface area contributed by atoms with E-state index in [0.717, 1.165) is 32.5 Å². The maximum Gasteiger partial charge on any atom is 0.327 e. The molecule has 0 aliphatic heterocycles. The first kappa shape index (κ1) is 13.8. The third kappa shape index (κ3) is 2.69. The molecule has 104 valence electrons. The smallest absolute Gasteiger partial charge is 0.327 e. The van der Waals surface area contributed by atoms with Crippen LogP contribution in [0, 0.1) is 5.92 Å². The number of carbonyl (C=O) groups excluding carboxylic acids is 1. The second-order valence-corrected chi connectivity index (χ2v) is 5.56. The summed E-state index contributed by atoms with van der Waals surface area (Å²) in [6.07, 6.45) is 4.85. The molecular weight excluding hydrogens is 228 g/mol. The Bertz CT molecular complexity index is 300. The van der Waals surface area contributed by atoms with Gasteiger partial charge in [0, 0.05) is 12.6 Å². The fourth-order valence-electron chi connectivity index (χ4n) is 2.97. The van der Waals surface area contributed by atoms with Gasteiger partial charge >= 0.3 is 5.97 Å². The van der Waals surface area contributed by atoms with Crippen LogP contribution in [-0.4, -0.2) is 49.2 Å². The zero-order valence-corrected chi connectivity index (χ0v) is 11.9. The van der Waals surface area contributed by atoms with E-state index in [1.165, 1.54) is 20.0 Å². The number of ether oxygens (including phenoxy) is 1. The molecule has 2 aliphatic carbocycles. The number of hydrogen-bond acceptors (Lipinski definition) is 4. The number of methoxy groups -OCH3 is 1. The van der Waals surface area contributed by atoms with Crippen molar-refractivity contribution in [2.45, 2.75) is 51.1 Å². The van der Waals surface area contributed by atoms with E-state index in [4.69, 9.17) is 4.74 Å². The van der Waals surface area contributed by atoms with Gasteiger partial charge in [-0.1, -0.05) is 13.8 Å². The molecule has 0 aromatic carbocycles. The highest BCUT2D eigenvalue weighted by atomic mass is 16.5. The average Bonchev–Trinajstić information content (AvgIpc) is 3.23. The highest BCUT2D eigenvalue weighted by molar-refractivity contribution is 5.82. The van der Waals surface area contributed by atoms with Crippen molar-refractivity contribution in [3.63, 3.8) is 0 Å². The first-order chi connectivity index (χ1) is 8.67. The van der Waals surface area contributed by atoms with Crippen LogP contribution < -0.4 is 5.32 Å². The van der Waals surface area contributed by atoms with Crippen LogP contribution in [0.25, 0.3) is 0 Å². The molecule has 4 nitrogen and oxygen atoms in total. The minimum atomic E-state index is -0.470. The van der Waals surface area contributed by atoms with Crippen molar-refractivity contribution < 1.29 is 9.53 Å². The van der Waals surface area contributed by atoms with Crippen LogP contribution in [0.4, 0.5) is 0 Å². The molecule has 18 heavy (non-hydrogen) atoms. The first-order valence-corrected chi connectivity index (χ1v) is 7.25. The second kappa shape index (κ2) is 5.57. The molecule has 1 unspecified atom stereocenters. The lowest BCUT2D eigenvalue weighted by Crippen LogP contribution is -2.61. The quantitative estimate of drug-likeness (QED) is 0.665. The number of rotatable bonds is 8. The summed E-state index contributed by atoms with van der Waals surface area (Å²) in [5, 5.41) is 3.44. The summed E-state index contributed by atoms with van der Waals surface area (Å²) in [6.45, 7) is 6.88. The zero-order valence-electron chi connectivity index (χ0n) is 11.9. The number of carbonyl (C=O) groups is 1. The Morgan fingerprint density at radius 3 is 2.39 bits per heavy atom. The predicted molar refractivity (Wildman–Crippen MR) is 71.4 cm³/mol. The highest BCUT2D eigenvalue weighted by Gasteiger charge is 2.53. The van der Waals surface area contributed by atoms with Gasteiger partial charge < -0.3 is 10.1 Å². The molecule has 4 heteroatoms. The van der Waals surface area contributed by atoms with Gasteiger partial charge in [0.2, 0.25) is 0 Å². The van der Waals surface area contributed by atoms with Crippen molar-refractivity contribution in [1.29, 1.82) is 0 Å². The monoisotopic (exact) mass is 254 g/mol. The summed E-state index contributed by atoms with van der Waals surface area (Å²) in [5.74, 6) is 0.378. The fourth-order valence-corrected chi connectivity index (χ4v) is 2.97. The lowest BCUT2D eigenvalue weighted by Gasteiger charge is -2.37. The average molecular weight is 254 g/mol. The molecule has 2 saturated carbocycles. The first-order valence-electron chi connectivity index (χ1n) is 7.25. The van der Waals surface area contributed by atoms with Crippen LogP contribution in [0.2, 0.25) is 0 Å². The SMILES string of the molecule is CCNC(CN(CC)C1CC1)(C(=O)OC)C1CC1. The van der Waals surface area contributed by atoms with Gasteiger partial charge in [-0.25, -0.2) is 4.79 Å². The van der Waals surface area contributed by atoms with Gasteiger partial charge in [-0.05, 0) is 44.7 Å². The van der Waals surface area contributed by atoms with Crippen LogP contribution in [0.5, 0.6) is 0 Å². The summed E-state index contributed by atoms with van der Waals surface area (Å²) in [7, 11) is 1.50. The maximum atomic E-state index is 12.3. The Labute approximate surface area is 110 Å². The molecule has 0 spiro atoms. The van der Waals surface area contributed by atoms with Crippen LogP contribution in [0.3, 0.4) is 0 Å². The van der Waals surface area contributed by atoms with Crippen LogP contribution >= 0.6 is 0 Å². The van der Waals surface area contributed by atoms with E-state index in [1.807, 2.05) is 0 Å². The molecule has 0 saturated heterocycles. The van der Waals surface area contributed by atoms with Crippen LogP contribution in [0.1, 0.15) is 39.5 Å². The minimum absolute atomic E-state index is 0.0778. The van der Waals surface area contributed by atoms with E-state index in [2.05, 4.69) is 24.1 Å². The van der Waals surface area contributed by atoms with Gasteiger partial charge in [0.1, 0.15) is 5.54 Å². The van der Waals surface area contributed by atoms with Crippen molar-refractivity contribution in [1.82, 2.24) is 10.2 Å². The van der Waals surface area contributed by atoms with Gasteiger partial charge in [-0.2, -0.15) is 0 Å². The van der Waals surface area contributed by atoms with Crippen molar-refractivity contribution >= 4 is 5.97 Å². The van der Waals surface area contributed by atoms with Gasteiger partial charge in [-0.3, -0.25) is 4.90 Å². The van der Waals surface area contributed by atoms with Gasteiger partial charge in [-0.15, -0.1) is 0 Å². The Balaban J connectivity index is 2.13. The van der Waals surface area contributed by atoms with Gasteiger partial charge in [0.05, 0.1) is 7.11 Å². The number of nitrogens with one attached hydrogen (secondary N) is 1. The normalized spacial score (nSPS) is 22.9. The summed E-state index contributed by atoms with van der Waals surface area (Å²) in [4.78, 5) is 14.7. The zero-order chi connectivity index (χ0) is 13.2. The van der Waals surface area contributed by atoms with Gasteiger partial charge in [0.25, 0.3) is 0 Å². The molecule has 2 aliphatic rings. The molecule has 2 fully saturated rings. The summed E-state index contributed by atoms with van der Waals surface area (Å²) < 4.78 is 5.09. The molecule has 0 heterocycles. The second-order valence-electron chi connectivity index (χ2n) is 5.56. The van der Waals surface area contributed by atoms with Crippen LogP contribution in [0.15, 0.2) is 0 Å². The summed E-state index contributed by atoms with van der Waals surface area (Å²) >= 11 is 0. The van der Waals surface area contributed by atoms with E-state index >= 15 is 0 Å². The topological polar surface area (TPSA) is 41.6 Å². The Morgan fingerprint density at radius 2 is 2.00 bits per heavy atom. The Morgan fingerprint density at radius 1 is 1.33 bits per heavy atom. The van der Waals surface area contributed by atoms with E-state index in [1.54, 1.807) is 0 Å². The third-order valence-electron chi connectivity index (χ3n) is 4.24. The lowest BCUT2D eigenvalue weighted by atomic mass is 9.92. The highest BCUT2D eigenvalue weighted by Crippen LogP contribution is 2.42. The third-order valence-corrected chi connectivity index (χ3v) is 4.24. The predicted octanol–water partition coefficient (Wildman–Crippen LogP) is 1.40. The van der Waals surface area contributed by atoms with E-state index in [0.29, 0.717) is 12.0 Å². The van der Waals surface area contributed by atoms with Crippen molar-refractivity contribution in [3.05, 3.63) is 0 Å². The molecule has 1 N–H and O–H groups in total. The fraction of sp³-hybridized carbons (Fsp3) is 0.929. The Kier molecular flexibility index (Phi) is 4.28. The molecule has 2 rings (SSSR count). The molecule has 0 amide bonds. The number of nitrogens with zero attached hydrogens (tertiary/aromatic N) is 1. The molecule has 1 atom stereocenters. The largest absolute Gasteiger partial charge is 0.468 e. The van der Waals surface area contributed by atoms with E-state index < -0.39 is 5.54 Å². The van der Waals surface area contributed by atoms with Crippen molar-refractivity contribution in [2.75, 3.05) is 26.7 Å². The number of esters is 1. The summed E-state index contributed by atoms with van der Waals surface area (Å²) in [5.41, 5.74) is -0.470. The molecule has 0 aromatic heterocycles. The number of hydrogen-bond donors (Lipinski definition) is 1. The standard InChI is InChI=1S/C14H26N2O2/c1-4-15-14(11-6-7-11,13(17)18-3)10-16(5-2)12-8-9-12/h11-12,15H,4-10H2,1-3H3.